The van der Waals surface area contributed by atoms with Crippen molar-refractivity contribution in [1.82, 2.24) is 0 Å². The topological polar surface area (TPSA) is 20.2 Å². The maximum Gasteiger partial charge on any atom is 0.417 e. The first-order valence-electron chi connectivity index (χ1n) is 4.04. The van der Waals surface area contributed by atoms with Crippen LogP contribution in [0.2, 0.25) is 0 Å². The maximum absolute atomic E-state index is 12.3. The van der Waals surface area contributed by atoms with Crippen molar-refractivity contribution in [2.24, 2.45) is 0 Å². The lowest BCUT2D eigenvalue weighted by Crippen LogP contribution is -2.16. The molecule has 1 aromatic rings. The van der Waals surface area contributed by atoms with Crippen LogP contribution in [0.5, 0.6) is 0 Å². The minimum atomic E-state index is -5.10. The smallest absolute Gasteiger partial charge is 0.392 e. The Morgan fingerprint density at radius 2 is 1.38 bits per heavy atom. The van der Waals surface area contributed by atoms with Crippen LogP contribution in [0.15, 0.2) is 18.2 Å². The number of alkyl halides is 6. The number of rotatable bonds is 1. The zero-order chi connectivity index (χ0) is 12.6. The van der Waals surface area contributed by atoms with E-state index in [1.54, 1.807) is 0 Å². The van der Waals surface area contributed by atoms with Gasteiger partial charge in [-0.05, 0) is 17.7 Å². The third kappa shape index (κ3) is 2.66. The molecule has 0 spiro atoms. The molecule has 1 nitrogen and oxygen atoms in total. The number of benzene rings is 1. The molecule has 0 aliphatic rings. The Bertz CT molecular complexity index is 379. The van der Waals surface area contributed by atoms with Crippen LogP contribution in [0.1, 0.15) is 16.7 Å². The highest BCUT2D eigenvalue weighted by Crippen LogP contribution is 2.40. The summed E-state index contributed by atoms with van der Waals surface area (Å²) in [5, 5.41) is 8.57. The predicted octanol–water partition coefficient (Wildman–Crippen LogP) is 3.22. The first-order chi connectivity index (χ1) is 7.16. The van der Waals surface area contributed by atoms with E-state index in [0.29, 0.717) is 12.1 Å². The van der Waals surface area contributed by atoms with Crippen LogP contribution in [0, 0.1) is 0 Å². The molecule has 0 bridgehead atoms. The van der Waals surface area contributed by atoms with Crippen molar-refractivity contribution in [3.63, 3.8) is 0 Å². The van der Waals surface area contributed by atoms with Gasteiger partial charge < -0.3 is 5.11 Å². The molecule has 1 rings (SSSR count). The molecule has 90 valence electrons. The van der Waals surface area contributed by atoms with Gasteiger partial charge in [-0.3, -0.25) is 0 Å². The van der Waals surface area contributed by atoms with Gasteiger partial charge in [0.2, 0.25) is 0 Å². The van der Waals surface area contributed by atoms with Crippen molar-refractivity contribution >= 4 is 0 Å². The molecule has 16 heavy (non-hydrogen) atoms. The van der Waals surface area contributed by atoms with E-state index in [1.165, 1.54) is 0 Å². The third-order valence-corrected chi connectivity index (χ3v) is 1.88. The quantitative estimate of drug-likeness (QED) is 0.752. The van der Waals surface area contributed by atoms with Crippen molar-refractivity contribution in [2.75, 3.05) is 0 Å². The number of hydrogen-bond acceptors (Lipinski definition) is 1. The fraction of sp³-hybridized carbons (Fsp3) is 0.333. The Kier molecular flexibility index (Phi) is 3.18. The third-order valence-electron chi connectivity index (χ3n) is 1.88. The molecule has 0 radical (unpaired) electrons. The summed E-state index contributed by atoms with van der Waals surface area (Å²) < 4.78 is 73.7. The lowest BCUT2D eigenvalue weighted by molar-refractivity contribution is -0.162. The van der Waals surface area contributed by atoms with Crippen molar-refractivity contribution in [1.29, 1.82) is 0 Å². The minimum absolute atomic E-state index is 0.222. The SMILES string of the molecule is OCc1ccc(C(F)(F)F)c(C(F)(F)F)c1. The highest BCUT2D eigenvalue weighted by atomic mass is 19.4. The fourth-order valence-electron chi connectivity index (χ4n) is 1.17. The van der Waals surface area contributed by atoms with Crippen LogP contribution >= 0.6 is 0 Å². The Morgan fingerprint density at radius 3 is 1.75 bits per heavy atom. The summed E-state index contributed by atoms with van der Waals surface area (Å²) in [5.74, 6) is 0. The van der Waals surface area contributed by atoms with Crippen molar-refractivity contribution < 1.29 is 31.4 Å². The van der Waals surface area contributed by atoms with Crippen LogP contribution in [0.3, 0.4) is 0 Å². The van der Waals surface area contributed by atoms with Gasteiger partial charge >= 0.3 is 12.4 Å². The van der Waals surface area contributed by atoms with Crippen molar-refractivity contribution in [3.8, 4) is 0 Å². The van der Waals surface area contributed by atoms with E-state index < -0.39 is 30.1 Å². The Labute approximate surface area is 86.3 Å². The average Bonchev–Trinajstić information content (AvgIpc) is 2.14. The standard InChI is InChI=1S/C9H6F6O/c10-8(11,12)6-2-1-5(4-16)3-7(6)9(13,14)15/h1-3,16H,4H2. The van der Waals surface area contributed by atoms with Crippen LogP contribution in [0.4, 0.5) is 26.3 Å². The Balaban J connectivity index is 3.40. The molecule has 0 saturated carbocycles. The zero-order valence-electron chi connectivity index (χ0n) is 7.65. The summed E-state index contributed by atoms with van der Waals surface area (Å²) in [6.07, 6.45) is -10.2. The molecule has 0 fully saturated rings. The van der Waals surface area contributed by atoms with Gasteiger partial charge in [0, 0.05) is 0 Å². The van der Waals surface area contributed by atoms with Crippen LogP contribution < -0.4 is 0 Å². The molecule has 0 heterocycles. The summed E-state index contributed by atoms with van der Waals surface area (Å²) in [5.41, 5.74) is -3.76. The highest BCUT2D eigenvalue weighted by Gasteiger charge is 2.42. The molecule has 0 aliphatic carbocycles. The van der Waals surface area contributed by atoms with Gasteiger partial charge in [-0.25, -0.2) is 0 Å². The lowest BCUT2D eigenvalue weighted by Gasteiger charge is -2.16. The van der Waals surface area contributed by atoms with Gasteiger partial charge in [-0.1, -0.05) is 6.07 Å². The van der Waals surface area contributed by atoms with Crippen LogP contribution in [-0.2, 0) is 19.0 Å². The second-order valence-electron chi connectivity index (χ2n) is 3.03. The molecule has 7 heteroatoms. The zero-order valence-corrected chi connectivity index (χ0v) is 7.65. The Hall–Kier alpha value is -1.24. The predicted molar refractivity (Wildman–Crippen MR) is 42.4 cm³/mol. The van der Waals surface area contributed by atoms with E-state index in [1.807, 2.05) is 0 Å². The minimum Gasteiger partial charge on any atom is -0.392 e. The Morgan fingerprint density at radius 1 is 0.875 bits per heavy atom. The lowest BCUT2D eigenvalue weighted by atomic mass is 10.0. The monoisotopic (exact) mass is 244 g/mol. The number of hydrogen-bond donors (Lipinski definition) is 1. The van der Waals surface area contributed by atoms with Gasteiger partial charge in [0.1, 0.15) is 0 Å². The summed E-state index contributed by atoms with van der Waals surface area (Å²) >= 11 is 0. The number of aliphatic hydroxyl groups excluding tert-OH is 1. The first kappa shape index (κ1) is 12.8. The average molecular weight is 244 g/mol. The van der Waals surface area contributed by atoms with E-state index in [0.717, 1.165) is 6.07 Å². The van der Waals surface area contributed by atoms with Crippen molar-refractivity contribution in [2.45, 2.75) is 19.0 Å². The normalized spacial score (nSPS) is 12.9. The second-order valence-corrected chi connectivity index (χ2v) is 3.03. The molecule has 0 atom stereocenters. The van der Waals surface area contributed by atoms with Crippen LogP contribution in [-0.4, -0.2) is 5.11 Å². The fourth-order valence-corrected chi connectivity index (χ4v) is 1.17. The molecule has 1 aromatic carbocycles. The molecular formula is C9H6F6O. The summed E-state index contributed by atoms with van der Waals surface area (Å²) in [7, 11) is 0. The summed E-state index contributed by atoms with van der Waals surface area (Å²) in [6, 6.07) is 1.41. The number of halogens is 6. The maximum atomic E-state index is 12.3. The summed E-state index contributed by atoms with van der Waals surface area (Å²) in [4.78, 5) is 0. The first-order valence-corrected chi connectivity index (χ1v) is 4.04. The number of aliphatic hydroxyl groups is 1. The van der Waals surface area contributed by atoms with E-state index in [9.17, 15) is 26.3 Å². The molecule has 0 amide bonds. The highest BCUT2D eigenvalue weighted by molar-refractivity contribution is 5.35. The molecule has 0 aliphatic heterocycles. The van der Waals surface area contributed by atoms with E-state index in [2.05, 4.69) is 0 Å². The van der Waals surface area contributed by atoms with Gasteiger partial charge in [0.05, 0.1) is 17.7 Å². The van der Waals surface area contributed by atoms with Gasteiger partial charge in [-0.15, -0.1) is 0 Å². The molecule has 0 unspecified atom stereocenters. The molecular weight excluding hydrogens is 238 g/mol. The van der Waals surface area contributed by atoms with Gasteiger partial charge in [0.25, 0.3) is 0 Å². The largest absolute Gasteiger partial charge is 0.417 e. The van der Waals surface area contributed by atoms with Gasteiger partial charge in [0.15, 0.2) is 0 Å². The molecule has 0 saturated heterocycles. The van der Waals surface area contributed by atoms with E-state index in [-0.39, 0.29) is 5.56 Å². The van der Waals surface area contributed by atoms with Gasteiger partial charge in [-0.2, -0.15) is 26.3 Å². The second kappa shape index (κ2) is 3.97. The van der Waals surface area contributed by atoms with E-state index >= 15 is 0 Å². The van der Waals surface area contributed by atoms with Crippen LogP contribution in [0.25, 0.3) is 0 Å². The van der Waals surface area contributed by atoms with E-state index in [4.69, 9.17) is 5.11 Å². The molecule has 1 N–H and O–H groups in total. The van der Waals surface area contributed by atoms with Crippen molar-refractivity contribution in [3.05, 3.63) is 34.9 Å². The molecule has 0 aromatic heterocycles. The summed E-state index contributed by atoms with van der Waals surface area (Å²) in [6.45, 7) is -0.749.